The number of fused-ring (bicyclic) bond motifs is 1. The molecule has 4 nitrogen and oxygen atoms in total. The predicted octanol–water partition coefficient (Wildman–Crippen LogP) is 1.14. The molecular weight excluding hydrogens is 168 g/mol. The molecule has 0 amide bonds. The van der Waals surface area contributed by atoms with E-state index in [1.165, 1.54) is 38.5 Å². The van der Waals surface area contributed by atoms with E-state index in [2.05, 4.69) is 10.7 Å². The molecule has 3 rings (SSSR count). The Morgan fingerprint density at radius 1 is 1.08 bits per heavy atom. The van der Waals surface area contributed by atoms with Gasteiger partial charge in [-0.05, 0) is 25.7 Å². The van der Waals surface area contributed by atoms with Crippen molar-refractivity contribution in [3.63, 3.8) is 0 Å². The van der Waals surface area contributed by atoms with Crippen molar-refractivity contribution in [2.45, 2.75) is 56.7 Å². The van der Waals surface area contributed by atoms with Gasteiger partial charge in [-0.25, -0.2) is 0 Å². The zero-order valence-electron chi connectivity index (χ0n) is 7.74. The van der Waals surface area contributed by atoms with Gasteiger partial charge in [0.05, 0.1) is 12.1 Å². The maximum atomic E-state index is 5.38. The van der Waals surface area contributed by atoms with E-state index in [4.69, 9.17) is 9.78 Å². The van der Waals surface area contributed by atoms with Crippen LogP contribution in [0.1, 0.15) is 38.5 Å². The molecule has 74 valence electrons. The SMILES string of the molecule is C1CCC2C(C1)ONON2C1CC1. The first-order valence-electron chi connectivity index (χ1n) is 5.31. The normalized spacial score (nSPS) is 41.5. The van der Waals surface area contributed by atoms with Crippen molar-refractivity contribution < 1.29 is 9.78 Å². The van der Waals surface area contributed by atoms with Crippen molar-refractivity contribution >= 4 is 0 Å². The summed E-state index contributed by atoms with van der Waals surface area (Å²) in [5.74, 6) is 0. The van der Waals surface area contributed by atoms with Crippen LogP contribution in [0.5, 0.6) is 0 Å². The minimum atomic E-state index is 0.350. The highest BCUT2D eigenvalue weighted by molar-refractivity contribution is 4.90. The molecule has 1 aliphatic heterocycles. The number of hydrogen-bond acceptors (Lipinski definition) is 4. The van der Waals surface area contributed by atoms with E-state index in [0.29, 0.717) is 18.2 Å². The molecular formula is C9H16N2O2. The Bertz CT molecular complexity index is 194. The lowest BCUT2D eigenvalue weighted by Gasteiger charge is -2.41. The molecule has 2 unspecified atom stereocenters. The molecule has 1 saturated heterocycles. The number of hydroxylamine groups is 2. The van der Waals surface area contributed by atoms with Gasteiger partial charge in [-0.3, -0.25) is 4.84 Å². The van der Waals surface area contributed by atoms with Crippen molar-refractivity contribution in [3.05, 3.63) is 0 Å². The fourth-order valence-electron chi connectivity index (χ4n) is 2.37. The van der Waals surface area contributed by atoms with Crippen molar-refractivity contribution in [2.24, 2.45) is 0 Å². The molecule has 13 heavy (non-hydrogen) atoms. The molecule has 0 radical (unpaired) electrons. The largest absolute Gasteiger partial charge is 0.270 e. The van der Waals surface area contributed by atoms with E-state index in [1.807, 2.05) is 0 Å². The first kappa shape index (κ1) is 8.17. The predicted molar refractivity (Wildman–Crippen MR) is 46.2 cm³/mol. The van der Waals surface area contributed by atoms with E-state index in [1.54, 1.807) is 0 Å². The summed E-state index contributed by atoms with van der Waals surface area (Å²) < 4.78 is 0. The van der Waals surface area contributed by atoms with E-state index in [0.717, 1.165) is 0 Å². The third-order valence-electron chi connectivity index (χ3n) is 3.24. The van der Waals surface area contributed by atoms with Gasteiger partial charge < -0.3 is 0 Å². The molecule has 2 atom stereocenters. The quantitative estimate of drug-likeness (QED) is 0.662. The maximum absolute atomic E-state index is 5.38. The van der Waals surface area contributed by atoms with E-state index in [-0.39, 0.29) is 0 Å². The molecule has 0 aromatic carbocycles. The third kappa shape index (κ3) is 1.48. The summed E-state index contributed by atoms with van der Waals surface area (Å²) in [5, 5.41) is 2.13. The summed E-state index contributed by atoms with van der Waals surface area (Å²) in [6, 6.07) is 1.16. The Morgan fingerprint density at radius 2 is 1.92 bits per heavy atom. The average Bonchev–Trinajstić information content (AvgIpc) is 3.00. The highest BCUT2D eigenvalue weighted by atomic mass is 17.0. The molecule has 0 bridgehead atoms. The van der Waals surface area contributed by atoms with Gasteiger partial charge in [0.25, 0.3) is 0 Å². The standard InChI is InChI=1S/C9H16N2O2/c1-2-4-9-8(3-1)11(7-5-6-7)13-10-12-9/h7-10H,1-6H2. The van der Waals surface area contributed by atoms with Crippen LogP contribution in [-0.4, -0.2) is 23.3 Å². The van der Waals surface area contributed by atoms with Crippen LogP contribution < -0.4 is 5.64 Å². The van der Waals surface area contributed by atoms with Crippen molar-refractivity contribution in [2.75, 3.05) is 0 Å². The van der Waals surface area contributed by atoms with Gasteiger partial charge in [0.1, 0.15) is 0 Å². The van der Waals surface area contributed by atoms with Crippen LogP contribution in [0.25, 0.3) is 0 Å². The molecule has 4 heteroatoms. The summed E-state index contributed by atoms with van der Waals surface area (Å²) in [5.41, 5.74) is 2.58. The Labute approximate surface area is 78.0 Å². The minimum absolute atomic E-state index is 0.350. The first-order valence-corrected chi connectivity index (χ1v) is 5.31. The van der Waals surface area contributed by atoms with Gasteiger partial charge in [-0.1, -0.05) is 18.5 Å². The topological polar surface area (TPSA) is 33.7 Å². The zero-order valence-corrected chi connectivity index (χ0v) is 7.74. The van der Waals surface area contributed by atoms with Gasteiger partial charge in [0.2, 0.25) is 0 Å². The van der Waals surface area contributed by atoms with Gasteiger partial charge >= 0.3 is 0 Å². The maximum Gasteiger partial charge on any atom is 0.0996 e. The van der Waals surface area contributed by atoms with Crippen LogP contribution in [0, 0.1) is 0 Å². The average molecular weight is 184 g/mol. The number of hydrogen-bond donors (Lipinski definition) is 1. The Hall–Kier alpha value is -0.160. The summed E-state index contributed by atoms with van der Waals surface area (Å²) in [6.45, 7) is 0. The highest BCUT2D eigenvalue weighted by Gasteiger charge is 2.43. The van der Waals surface area contributed by atoms with Gasteiger partial charge in [0.15, 0.2) is 0 Å². The number of nitrogens with one attached hydrogen (secondary N) is 1. The van der Waals surface area contributed by atoms with Crippen LogP contribution in [0.15, 0.2) is 0 Å². The molecule has 2 saturated carbocycles. The Balaban J connectivity index is 1.71. The molecule has 1 N–H and O–H groups in total. The van der Waals surface area contributed by atoms with E-state index >= 15 is 0 Å². The summed E-state index contributed by atoms with van der Waals surface area (Å²) in [6.07, 6.45) is 7.92. The second-order valence-electron chi connectivity index (χ2n) is 4.27. The lowest BCUT2D eigenvalue weighted by Crippen LogP contribution is -2.56. The lowest BCUT2D eigenvalue weighted by molar-refractivity contribution is -0.394. The molecule has 0 spiro atoms. The van der Waals surface area contributed by atoms with Crippen LogP contribution in [-0.2, 0) is 9.78 Å². The van der Waals surface area contributed by atoms with E-state index in [9.17, 15) is 0 Å². The molecule has 1 heterocycles. The van der Waals surface area contributed by atoms with Gasteiger partial charge in [0, 0.05) is 6.04 Å². The van der Waals surface area contributed by atoms with Crippen LogP contribution in [0.3, 0.4) is 0 Å². The lowest BCUT2D eigenvalue weighted by atomic mass is 9.92. The highest BCUT2D eigenvalue weighted by Crippen LogP contribution is 2.35. The Kier molecular flexibility index (Phi) is 2.01. The number of nitrogens with zero attached hydrogens (tertiary/aromatic N) is 1. The van der Waals surface area contributed by atoms with E-state index < -0.39 is 0 Å². The van der Waals surface area contributed by atoms with Crippen LogP contribution in [0.4, 0.5) is 0 Å². The monoisotopic (exact) mass is 184 g/mol. The molecule has 2 aliphatic carbocycles. The van der Waals surface area contributed by atoms with Gasteiger partial charge in [-0.2, -0.15) is 10.0 Å². The summed E-state index contributed by atoms with van der Waals surface area (Å²) >= 11 is 0. The Morgan fingerprint density at radius 3 is 2.77 bits per heavy atom. The summed E-state index contributed by atoms with van der Waals surface area (Å²) in [7, 11) is 0. The van der Waals surface area contributed by atoms with Crippen LogP contribution in [0.2, 0.25) is 0 Å². The van der Waals surface area contributed by atoms with Crippen LogP contribution >= 0.6 is 0 Å². The fourth-order valence-corrected chi connectivity index (χ4v) is 2.37. The second-order valence-corrected chi connectivity index (χ2v) is 4.27. The zero-order chi connectivity index (χ0) is 8.67. The van der Waals surface area contributed by atoms with Gasteiger partial charge in [-0.15, -0.1) is 0 Å². The smallest absolute Gasteiger partial charge is 0.0996 e. The second kappa shape index (κ2) is 3.20. The molecule has 3 aliphatic rings. The molecule has 0 aromatic heterocycles. The fraction of sp³-hybridized carbons (Fsp3) is 1.00. The van der Waals surface area contributed by atoms with Crippen molar-refractivity contribution in [1.82, 2.24) is 10.7 Å². The molecule has 0 aromatic rings. The molecule has 3 fully saturated rings. The first-order chi connectivity index (χ1) is 6.45. The third-order valence-corrected chi connectivity index (χ3v) is 3.24. The van der Waals surface area contributed by atoms with Crippen molar-refractivity contribution in [3.8, 4) is 0 Å². The van der Waals surface area contributed by atoms with Crippen molar-refractivity contribution in [1.29, 1.82) is 0 Å². The number of rotatable bonds is 1. The summed E-state index contributed by atoms with van der Waals surface area (Å²) in [4.78, 5) is 10.7. The minimum Gasteiger partial charge on any atom is -0.270 e.